The van der Waals surface area contributed by atoms with Crippen molar-refractivity contribution in [3.05, 3.63) is 16.6 Å². The van der Waals surface area contributed by atoms with Gasteiger partial charge in [-0.25, -0.2) is 0 Å². The number of hydrogen-bond acceptors (Lipinski definition) is 5. The standard InChI is InChI=1S/C11H19N3OS/c1-3-14-4-5-15-9(6-12-2)11(14)10-7-13-8-16-10/h7-9,11-12H,3-6H2,1-2H3. The maximum atomic E-state index is 5.86. The second kappa shape index (κ2) is 5.72. The fourth-order valence-electron chi connectivity index (χ4n) is 2.25. The lowest BCUT2D eigenvalue weighted by molar-refractivity contribution is -0.0675. The van der Waals surface area contributed by atoms with E-state index in [1.54, 1.807) is 11.3 Å². The molecule has 1 N–H and O–H groups in total. The largest absolute Gasteiger partial charge is 0.374 e. The Morgan fingerprint density at radius 1 is 1.69 bits per heavy atom. The molecule has 4 nitrogen and oxygen atoms in total. The van der Waals surface area contributed by atoms with Crippen molar-refractivity contribution in [2.45, 2.75) is 19.1 Å². The number of thiazole rings is 1. The van der Waals surface area contributed by atoms with Gasteiger partial charge in [0, 0.05) is 24.2 Å². The van der Waals surface area contributed by atoms with Crippen molar-refractivity contribution in [2.24, 2.45) is 0 Å². The summed E-state index contributed by atoms with van der Waals surface area (Å²) in [5, 5.41) is 3.21. The summed E-state index contributed by atoms with van der Waals surface area (Å²) in [5.41, 5.74) is 1.90. The average molecular weight is 241 g/mol. The molecule has 1 fully saturated rings. The number of hydrogen-bond donors (Lipinski definition) is 1. The number of ether oxygens (including phenoxy) is 1. The minimum Gasteiger partial charge on any atom is -0.374 e. The van der Waals surface area contributed by atoms with E-state index < -0.39 is 0 Å². The summed E-state index contributed by atoms with van der Waals surface area (Å²) in [6.45, 7) is 6.00. The van der Waals surface area contributed by atoms with Crippen molar-refractivity contribution in [3.8, 4) is 0 Å². The highest BCUT2D eigenvalue weighted by Crippen LogP contribution is 2.31. The van der Waals surface area contributed by atoms with Crippen LogP contribution in [0.15, 0.2) is 11.7 Å². The quantitative estimate of drug-likeness (QED) is 0.857. The lowest BCUT2D eigenvalue weighted by atomic mass is 10.1. The maximum Gasteiger partial charge on any atom is 0.0904 e. The van der Waals surface area contributed by atoms with E-state index in [0.717, 1.165) is 26.2 Å². The van der Waals surface area contributed by atoms with Crippen LogP contribution in [0.1, 0.15) is 17.8 Å². The van der Waals surface area contributed by atoms with E-state index in [4.69, 9.17) is 4.74 Å². The van der Waals surface area contributed by atoms with Crippen LogP contribution in [0, 0.1) is 0 Å². The highest BCUT2D eigenvalue weighted by Gasteiger charge is 2.33. The molecule has 90 valence electrons. The normalized spacial score (nSPS) is 27.1. The fraction of sp³-hybridized carbons (Fsp3) is 0.727. The van der Waals surface area contributed by atoms with Crippen LogP contribution >= 0.6 is 11.3 Å². The Balaban J connectivity index is 2.17. The van der Waals surface area contributed by atoms with E-state index in [1.807, 2.05) is 18.8 Å². The van der Waals surface area contributed by atoms with Crippen molar-refractivity contribution in [1.82, 2.24) is 15.2 Å². The Morgan fingerprint density at radius 2 is 2.56 bits per heavy atom. The molecule has 0 spiro atoms. The Bertz CT molecular complexity index is 302. The predicted octanol–water partition coefficient (Wildman–Crippen LogP) is 1.12. The zero-order chi connectivity index (χ0) is 11.4. The van der Waals surface area contributed by atoms with Crippen LogP contribution in [0.4, 0.5) is 0 Å². The highest BCUT2D eigenvalue weighted by atomic mass is 32.1. The summed E-state index contributed by atoms with van der Waals surface area (Å²) < 4.78 is 5.86. The fourth-order valence-corrected chi connectivity index (χ4v) is 3.05. The summed E-state index contributed by atoms with van der Waals surface area (Å²) in [5.74, 6) is 0. The molecule has 2 rings (SSSR count). The molecule has 0 radical (unpaired) electrons. The predicted molar refractivity (Wildman–Crippen MR) is 65.8 cm³/mol. The highest BCUT2D eigenvalue weighted by molar-refractivity contribution is 7.09. The maximum absolute atomic E-state index is 5.86. The van der Waals surface area contributed by atoms with Crippen LogP contribution in [-0.4, -0.2) is 49.3 Å². The minimum atomic E-state index is 0.235. The van der Waals surface area contributed by atoms with Crippen LogP contribution in [0.5, 0.6) is 0 Å². The Kier molecular flexibility index (Phi) is 4.29. The van der Waals surface area contributed by atoms with Gasteiger partial charge in [-0.05, 0) is 13.6 Å². The van der Waals surface area contributed by atoms with Crippen molar-refractivity contribution in [1.29, 1.82) is 0 Å². The van der Waals surface area contributed by atoms with Crippen LogP contribution in [0.25, 0.3) is 0 Å². The number of nitrogens with one attached hydrogen (secondary N) is 1. The van der Waals surface area contributed by atoms with E-state index in [0.29, 0.717) is 6.04 Å². The van der Waals surface area contributed by atoms with Crippen molar-refractivity contribution in [2.75, 3.05) is 33.3 Å². The summed E-state index contributed by atoms with van der Waals surface area (Å²) in [6, 6.07) is 0.360. The molecule has 0 saturated carbocycles. The molecule has 2 heterocycles. The summed E-state index contributed by atoms with van der Waals surface area (Å²) >= 11 is 1.72. The monoisotopic (exact) mass is 241 g/mol. The molecule has 1 aromatic rings. The van der Waals surface area contributed by atoms with E-state index in [-0.39, 0.29) is 6.10 Å². The van der Waals surface area contributed by atoms with Gasteiger partial charge in [0.1, 0.15) is 0 Å². The van der Waals surface area contributed by atoms with E-state index in [1.165, 1.54) is 4.88 Å². The SMILES string of the molecule is CCN1CCOC(CNC)C1c1cncs1. The first kappa shape index (κ1) is 12.0. The van der Waals surface area contributed by atoms with Crippen LogP contribution < -0.4 is 5.32 Å². The lowest BCUT2D eigenvalue weighted by Gasteiger charge is -2.40. The molecule has 0 bridgehead atoms. The van der Waals surface area contributed by atoms with E-state index >= 15 is 0 Å². The number of aromatic nitrogens is 1. The zero-order valence-corrected chi connectivity index (χ0v) is 10.7. The number of nitrogens with zero attached hydrogens (tertiary/aromatic N) is 2. The third kappa shape index (κ3) is 2.43. The van der Waals surface area contributed by atoms with Gasteiger partial charge in [-0.1, -0.05) is 6.92 Å². The molecular weight excluding hydrogens is 222 g/mol. The molecular formula is C11H19N3OS. The second-order valence-corrected chi connectivity index (χ2v) is 4.86. The van der Waals surface area contributed by atoms with Gasteiger partial charge in [0.05, 0.1) is 24.3 Å². The third-order valence-corrected chi connectivity index (χ3v) is 3.86. The Hall–Kier alpha value is -0.490. The molecule has 1 saturated heterocycles. The van der Waals surface area contributed by atoms with Crippen molar-refractivity contribution >= 4 is 11.3 Å². The van der Waals surface area contributed by atoms with Crippen molar-refractivity contribution < 1.29 is 4.74 Å². The average Bonchev–Trinajstić information content (AvgIpc) is 2.82. The van der Waals surface area contributed by atoms with Gasteiger partial charge in [-0.15, -0.1) is 11.3 Å². The first-order valence-corrected chi connectivity index (χ1v) is 6.63. The molecule has 1 aliphatic rings. The van der Waals surface area contributed by atoms with Gasteiger partial charge in [0.2, 0.25) is 0 Å². The smallest absolute Gasteiger partial charge is 0.0904 e. The van der Waals surface area contributed by atoms with Crippen molar-refractivity contribution in [3.63, 3.8) is 0 Å². The van der Waals surface area contributed by atoms with Crippen LogP contribution in [0.3, 0.4) is 0 Å². The number of rotatable bonds is 4. The number of likely N-dealkylation sites (N-methyl/N-ethyl adjacent to an activating group) is 2. The molecule has 1 aliphatic heterocycles. The topological polar surface area (TPSA) is 37.4 Å². The van der Waals surface area contributed by atoms with E-state index in [9.17, 15) is 0 Å². The summed E-state index contributed by atoms with van der Waals surface area (Å²) in [7, 11) is 1.97. The van der Waals surface area contributed by atoms with Gasteiger partial charge in [-0.3, -0.25) is 9.88 Å². The summed E-state index contributed by atoms with van der Waals surface area (Å²) in [6.07, 6.45) is 2.20. The van der Waals surface area contributed by atoms with Crippen LogP contribution in [-0.2, 0) is 4.74 Å². The number of morpholine rings is 1. The van der Waals surface area contributed by atoms with Gasteiger partial charge in [-0.2, -0.15) is 0 Å². The molecule has 5 heteroatoms. The van der Waals surface area contributed by atoms with Crippen LogP contribution in [0.2, 0.25) is 0 Å². The molecule has 0 aromatic carbocycles. The lowest BCUT2D eigenvalue weighted by Crippen LogP contribution is -2.48. The Labute approximate surface area is 101 Å². The van der Waals surface area contributed by atoms with Gasteiger partial charge >= 0.3 is 0 Å². The molecule has 0 aliphatic carbocycles. The molecule has 0 amide bonds. The van der Waals surface area contributed by atoms with Gasteiger partial charge in [0.15, 0.2) is 0 Å². The molecule has 16 heavy (non-hydrogen) atoms. The summed E-state index contributed by atoms with van der Waals surface area (Å²) in [4.78, 5) is 7.96. The minimum absolute atomic E-state index is 0.235. The zero-order valence-electron chi connectivity index (χ0n) is 9.85. The molecule has 2 unspecified atom stereocenters. The first-order valence-electron chi connectivity index (χ1n) is 5.75. The third-order valence-electron chi connectivity index (χ3n) is 3.01. The second-order valence-electron chi connectivity index (χ2n) is 3.94. The first-order chi connectivity index (χ1) is 7.86. The Morgan fingerprint density at radius 3 is 3.19 bits per heavy atom. The van der Waals surface area contributed by atoms with Gasteiger partial charge in [0.25, 0.3) is 0 Å². The van der Waals surface area contributed by atoms with Gasteiger partial charge < -0.3 is 10.1 Å². The molecule has 2 atom stereocenters. The molecule has 1 aromatic heterocycles. The van der Waals surface area contributed by atoms with E-state index in [2.05, 4.69) is 22.1 Å².